The summed E-state index contributed by atoms with van der Waals surface area (Å²) in [4.78, 5) is 79.1. The maximum absolute atomic E-state index is 14.1. The number of Topliss-reactive ketones (excluding diaryl/α,β-unsaturated/α-hetero) is 1. The van der Waals surface area contributed by atoms with Crippen molar-refractivity contribution in [3.8, 4) is 0 Å². The molecular weight excluding hydrogens is 580 g/mol. The van der Waals surface area contributed by atoms with Crippen LogP contribution >= 0.6 is 0 Å². The molecule has 6 N–H and O–H groups in total. The van der Waals surface area contributed by atoms with Gasteiger partial charge in [0.25, 0.3) is 5.91 Å². The van der Waals surface area contributed by atoms with Crippen LogP contribution in [0, 0.1) is 28.6 Å². The number of rotatable bonds is 11. The zero-order valence-electron chi connectivity index (χ0n) is 28.4. The number of alkyl carbamates (subject to hydrolysis) is 1. The number of piperidine rings is 1. The van der Waals surface area contributed by atoms with Gasteiger partial charge in [-0.15, -0.1) is 0 Å². The summed E-state index contributed by atoms with van der Waals surface area (Å²) in [6, 6.07) is -4.03. The highest BCUT2D eigenvalue weighted by Gasteiger charge is 2.58. The molecule has 45 heavy (non-hydrogen) atoms. The second-order valence-electron chi connectivity index (χ2n) is 16.2. The van der Waals surface area contributed by atoms with Gasteiger partial charge in [0.1, 0.15) is 18.7 Å². The van der Waals surface area contributed by atoms with Crippen LogP contribution < -0.4 is 27.0 Å². The van der Waals surface area contributed by atoms with E-state index < -0.39 is 76.2 Å². The van der Waals surface area contributed by atoms with Gasteiger partial charge in [-0.25, -0.2) is 9.59 Å². The third-order valence-electron chi connectivity index (χ3n) is 8.97. The smallest absolute Gasteiger partial charge is 0.407 e. The molecule has 254 valence electrons. The van der Waals surface area contributed by atoms with Crippen LogP contribution in [0.15, 0.2) is 0 Å². The molecule has 3 fully saturated rings. The van der Waals surface area contributed by atoms with Gasteiger partial charge in [-0.1, -0.05) is 60.8 Å². The number of primary amides is 1. The lowest BCUT2D eigenvalue weighted by molar-refractivity contribution is -0.144. The summed E-state index contributed by atoms with van der Waals surface area (Å²) in [6.07, 6.45) is 3.39. The Morgan fingerprint density at radius 1 is 0.889 bits per heavy atom. The number of nitrogens with one attached hydrogen (secondary N) is 4. The molecule has 0 bridgehead atoms. The molecule has 3 rings (SSSR count). The van der Waals surface area contributed by atoms with Crippen LogP contribution in [0.4, 0.5) is 9.59 Å². The maximum Gasteiger partial charge on any atom is 0.407 e. The SMILES string of the molecule is CC(C)(C)NC(=O)OC[C@@H](NC(=O)N[C@H](C(=O)N1C[C@@H]2C[C@@H]2C1C(=O)NC(CC1CCC1)C(=O)C(N)=O)C(C)(C)C)C(C)(C)C. The van der Waals surface area contributed by atoms with Crippen molar-refractivity contribution in [1.29, 1.82) is 0 Å². The van der Waals surface area contributed by atoms with Crippen LogP contribution in [0.1, 0.15) is 94.4 Å². The molecule has 6 amide bonds. The highest BCUT2D eigenvalue weighted by molar-refractivity contribution is 6.37. The minimum absolute atomic E-state index is 0.0573. The molecule has 0 aromatic carbocycles. The normalized spacial score (nSPS) is 23.4. The molecule has 2 unspecified atom stereocenters. The molecular formula is C32H54N6O7. The number of ether oxygens (including phenoxy) is 1. The molecule has 1 saturated heterocycles. The minimum Gasteiger partial charge on any atom is -0.447 e. The van der Waals surface area contributed by atoms with Crippen molar-refractivity contribution in [3.05, 3.63) is 0 Å². The summed E-state index contributed by atoms with van der Waals surface area (Å²) >= 11 is 0. The van der Waals surface area contributed by atoms with Crippen LogP contribution in [0.3, 0.4) is 0 Å². The predicted molar refractivity (Wildman–Crippen MR) is 168 cm³/mol. The number of nitrogens with zero attached hydrogens (tertiary/aromatic N) is 1. The number of hydrogen-bond acceptors (Lipinski definition) is 7. The highest BCUT2D eigenvalue weighted by Crippen LogP contribution is 2.50. The van der Waals surface area contributed by atoms with Crippen LogP contribution in [0.2, 0.25) is 0 Å². The Bertz CT molecular complexity index is 1160. The number of urea groups is 1. The Kier molecular flexibility index (Phi) is 10.9. The third-order valence-corrected chi connectivity index (χ3v) is 8.97. The number of carbonyl (C=O) groups is 6. The van der Waals surface area contributed by atoms with E-state index in [-0.39, 0.29) is 24.4 Å². The Morgan fingerprint density at radius 2 is 1.51 bits per heavy atom. The average molecular weight is 635 g/mol. The molecule has 3 aliphatic rings. The fourth-order valence-electron chi connectivity index (χ4n) is 5.91. The van der Waals surface area contributed by atoms with Gasteiger partial charge in [-0.2, -0.15) is 0 Å². The van der Waals surface area contributed by atoms with Gasteiger partial charge in [-0.3, -0.25) is 19.2 Å². The van der Waals surface area contributed by atoms with E-state index in [1.807, 2.05) is 62.3 Å². The molecule has 0 aromatic heterocycles. The van der Waals surface area contributed by atoms with Crippen molar-refractivity contribution in [2.45, 2.75) is 124 Å². The number of hydrogen-bond donors (Lipinski definition) is 5. The van der Waals surface area contributed by atoms with Gasteiger partial charge in [0.15, 0.2) is 0 Å². The number of likely N-dealkylation sites (tertiary alicyclic amines) is 1. The first kappa shape index (κ1) is 36.1. The molecule has 0 aromatic rings. The molecule has 13 nitrogen and oxygen atoms in total. The number of fused-ring (bicyclic) bond motifs is 1. The van der Waals surface area contributed by atoms with Gasteiger partial charge < -0.3 is 36.6 Å². The number of carbonyl (C=O) groups excluding carboxylic acids is 6. The van der Waals surface area contributed by atoms with E-state index in [2.05, 4.69) is 21.3 Å². The Labute approximate surface area is 266 Å². The molecule has 1 aliphatic heterocycles. The molecule has 13 heteroatoms. The Balaban J connectivity index is 1.72. The molecule has 1 heterocycles. The molecule has 0 spiro atoms. The first-order chi connectivity index (χ1) is 20.6. The van der Waals surface area contributed by atoms with Gasteiger partial charge in [0.05, 0.1) is 12.1 Å². The van der Waals surface area contributed by atoms with E-state index >= 15 is 0 Å². The van der Waals surface area contributed by atoms with E-state index in [9.17, 15) is 28.8 Å². The van der Waals surface area contributed by atoms with Crippen LogP contribution in [-0.2, 0) is 23.9 Å². The van der Waals surface area contributed by atoms with Crippen LogP contribution in [-0.4, -0.2) is 83.4 Å². The molecule has 2 saturated carbocycles. The van der Waals surface area contributed by atoms with E-state index in [4.69, 9.17) is 10.5 Å². The topological polar surface area (TPSA) is 189 Å². The monoisotopic (exact) mass is 634 g/mol. The second kappa shape index (κ2) is 13.5. The van der Waals surface area contributed by atoms with Gasteiger partial charge in [0, 0.05) is 12.1 Å². The van der Waals surface area contributed by atoms with E-state index in [1.165, 1.54) is 4.90 Å². The number of ketones is 1. The number of amides is 6. The highest BCUT2D eigenvalue weighted by atomic mass is 16.5. The largest absolute Gasteiger partial charge is 0.447 e. The van der Waals surface area contributed by atoms with Crippen molar-refractivity contribution in [3.63, 3.8) is 0 Å². The van der Waals surface area contributed by atoms with Crippen molar-refractivity contribution < 1.29 is 33.5 Å². The van der Waals surface area contributed by atoms with E-state index in [0.29, 0.717) is 13.0 Å². The average Bonchev–Trinajstić information content (AvgIpc) is 3.51. The first-order valence-corrected chi connectivity index (χ1v) is 16.0. The fourth-order valence-corrected chi connectivity index (χ4v) is 5.91. The molecule has 0 radical (unpaired) electrons. The lowest BCUT2D eigenvalue weighted by atomic mass is 9.80. The van der Waals surface area contributed by atoms with Crippen molar-refractivity contribution in [2.75, 3.05) is 13.2 Å². The van der Waals surface area contributed by atoms with Crippen molar-refractivity contribution in [2.24, 2.45) is 34.3 Å². The summed E-state index contributed by atoms with van der Waals surface area (Å²) in [5, 5.41) is 11.2. The van der Waals surface area contributed by atoms with Gasteiger partial charge in [0.2, 0.25) is 17.6 Å². The van der Waals surface area contributed by atoms with Crippen molar-refractivity contribution >= 4 is 35.6 Å². The quantitative estimate of drug-likeness (QED) is 0.215. The summed E-state index contributed by atoms with van der Waals surface area (Å²) in [6.45, 7) is 16.9. The lowest BCUT2D eigenvalue weighted by Gasteiger charge is -2.38. The Morgan fingerprint density at radius 3 is 2.00 bits per heavy atom. The minimum atomic E-state index is -1.10. The van der Waals surface area contributed by atoms with Crippen molar-refractivity contribution in [1.82, 2.24) is 26.2 Å². The number of nitrogens with two attached hydrogens (primary N) is 1. The maximum atomic E-state index is 14.1. The van der Waals surface area contributed by atoms with Gasteiger partial charge in [-0.05, 0) is 62.2 Å². The third kappa shape index (κ3) is 9.80. The van der Waals surface area contributed by atoms with Gasteiger partial charge >= 0.3 is 12.1 Å². The second-order valence-corrected chi connectivity index (χ2v) is 16.2. The zero-order valence-corrected chi connectivity index (χ0v) is 28.4. The van der Waals surface area contributed by atoms with E-state index in [1.54, 1.807) is 0 Å². The standard InChI is InChI=1S/C32H54N6O7/c1-30(2,3)21(16-45-29(44)37-32(7,8)9)35-28(43)36-24(31(4,5)6)27(42)38-15-18-14-19(18)22(38)26(41)34-20(23(39)25(33)40)13-17-11-10-12-17/h17-22,24H,10-16H2,1-9H3,(H2,33,40)(H,34,41)(H,37,44)(H2,35,36,43)/t18-,19-,20?,21+,22?,24+/m0/s1. The van der Waals surface area contributed by atoms with Crippen LogP contribution in [0.25, 0.3) is 0 Å². The lowest BCUT2D eigenvalue weighted by Crippen LogP contribution is -2.62. The molecule has 6 atom stereocenters. The van der Waals surface area contributed by atoms with E-state index in [0.717, 1.165) is 25.7 Å². The summed E-state index contributed by atoms with van der Waals surface area (Å²) in [5.41, 5.74) is 3.59. The first-order valence-electron chi connectivity index (χ1n) is 16.0. The fraction of sp³-hybridized carbons (Fsp3) is 0.812. The Hall–Kier alpha value is -3.38. The summed E-state index contributed by atoms with van der Waals surface area (Å²) < 4.78 is 5.40. The zero-order chi connectivity index (χ0) is 34.1. The molecule has 2 aliphatic carbocycles. The van der Waals surface area contributed by atoms with Crippen LogP contribution in [0.5, 0.6) is 0 Å². The summed E-state index contributed by atoms with van der Waals surface area (Å²) in [7, 11) is 0. The predicted octanol–water partition coefficient (Wildman–Crippen LogP) is 2.22. The summed E-state index contributed by atoms with van der Waals surface area (Å²) in [5.74, 6) is -2.50.